The average Bonchev–Trinajstić information content (AvgIpc) is 3.21. The zero-order valence-electron chi connectivity index (χ0n) is 20.9. The van der Waals surface area contributed by atoms with Crippen LogP contribution in [-0.2, 0) is 0 Å². The van der Waals surface area contributed by atoms with Crippen molar-refractivity contribution in [1.29, 1.82) is 0 Å². The summed E-state index contributed by atoms with van der Waals surface area (Å²) in [6, 6.07) is 20.4. The Balaban J connectivity index is 0.00000304. The van der Waals surface area contributed by atoms with Gasteiger partial charge in [0.05, 0.1) is 24.0 Å². The number of pyridine rings is 1. The number of aryl methyl sites for hydroxylation is 2. The first kappa shape index (κ1) is 25.8. The quantitative estimate of drug-likeness (QED) is 0.341. The van der Waals surface area contributed by atoms with Gasteiger partial charge in [-0.2, -0.15) is 0 Å². The van der Waals surface area contributed by atoms with Crippen molar-refractivity contribution in [3.8, 4) is 23.0 Å². The van der Waals surface area contributed by atoms with E-state index in [1.807, 2.05) is 75.4 Å². The Morgan fingerprint density at radius 2 is 1.75 bits per heavy atom. The Morgan fingerprint density at radius 3 is 2.42 bits per heavy atom. The van der Waals surface area contributed by atoms with Gasteiger partial charge in [-0.05, 0) is 62.2 Å². The minimum absolute atomic E-state index is 0. The second-order valence-corrected chi connectivity index (χ2v) is 8.53. The number of nitrogens with zero attached hydrogens (tertiary/aromatic N) is 1. The molecule has 3 aromatic carbocycles. The largest absolute Gasteiger partial charge is 1.00 e. The number of carbonyl (C=O) groups is 1. The van der Waals surface area contributed by atoms with Crippen molar-refractivity contribution in [2.75, 3.05) is 7.11 Å². The van der Waals surface area contributed by atoms with E-state index in [4.69, 9.17) is 18.9 Å². The molecule has 0 amide bonds. The molecule has 0 saturated carbocycles. The fourth-order valence-electron chi connectivity index (χ4n) is 4.37. The van der Waals surface area contributed by atoms with E-state index in [0.29, 0.717) is 28.1 Å². The molecular formula is C29H24NNaO5. The van der Waals surface area contributed by atoms with Crippen molar-refractivity contribution in [1.82, 2.24) is 4.98 Å². The van der Waals surface area contributed by atoms with Gasteiger partial charge in [0.2, 0.25) is 0 Å². The second-order valence-electron chi connectivity index (χ2n) is 8.53. The van der Waals surface area contributed by atoms with Crippen LogP contribution in [0.4, 0.5) is 0 Å². The molecule has 1 atom stereocenters. The van der Waals surface area contributed by atoms with E-state index < -0.39 is 5.97 Å². The van der Waals surface area contributed by atoms with Gasteiger partial charge in [0, 0.05) is 16.5 Å². The van der Waals surface area contributed by atoms with Crippen LogP contribution in [0.1, 0.15) is 40.1 Å². The molecule has 0 bridgehead atoms. The van der Waals surface area contributed by atoms with Gasteiger partial charge in [-0.15, -0.1) is 0 Å². The van der Waals surface area contributed by atoms with Gasteiger partial charge in [0.25, 0.3) is 0 Å². The summed E-state index contributed by atoms with van der Waals surface area (Å²) in [6.07, 6.45) is -0.335. The normalized spacial score (nSPS) is 11.8. The summed E-state index contributed by atoms with van der Waals surface area (Å²) in [5, 5.41) is 13.7. The minimum Gasteiger partial charge on any atom is -0.545 e. The number of hydrogen-bond donors (Lipinski definition) is 0. The summed E-state index contributed by atoms with van der Waals surface area (Å²) < 4.78 is 17.5. The molecule has 0 radical (unpaired) electrons. The average molecular weight is 490 g/mol. The van der Waals surface area contributed by atoms with Crippen LogP contribution < -0.4 is 44.1 Å². The zero-order chi connectivity index (χ0) is 24.7. The summed E-state index contributed by atoms with van der Waals surface area (Å²) in [4.78, 5) is 17.1. The van der Waals surface area contributed by atoms with Crippen molar-refractivity contribution in [2.24, 2.45) is 0 Å². The molecule has 5 aromatic rings. The molecule has 2 heterocycles. The number of para-hydroxylation sites is 1. The summed E-state index contributed by atoms with van der Waals surface area (Å²) in [7, 11) is 1.61. The molecule has 5 rings (SSSR count). The van der Waals surface area contributed by atoms with Gasteiger partial charge < -0.3 is 23.8 Å². The number of carboxylic acids is 1. The fraction of sp³-hybridized carbons (Fsp3) is 0.172. The van der Waals surface area contributed by atoms with Crippen molar-refractivity contribution in [3.63, 3.8) is 0 Å². The van der Waals surface area contributed by atoms with Crippen molar-refractivity contribution < 1.29 is 53.3 Å². The smallest absolute Gasteiger partial charge is 0.545 e. The minimum atomic E-state index is -1.31. The van der Waals surface area contributed by atoms with Crippen LogP contribution in [0.3, 0.4) is 0 Å². The number of fused-ring (bicyclic) bond motifs is 2. The third-order valence-electron chi connectivity index (χ3n) is 6.31. The number of methoxy groups -OCH3 is 1. The van der Waals surface area contributed by atoms with Crippen LogP contribution in [-0.4, -0.2) is 18.1 Å². The molecule has 36 heavy (non-hydrogen) atoms. The van der Waals surface area contributed by atoms with Gasteiger partial charge in [-0.3, -0.25) is 0 Å². The molecule has 0 aliphatic heterocycles. The van der Waals surface area contributed by atoms with E-state index in [1.54, 1.807) is 13.2 Å². The number of ether oxygens (including phenoxy) is 2. The van der Waals surface area contributed by atoms with Gasteiger partial charge in [0.15, 0.2) is 5.76 Å². The monoisotopic (exact) mass is 489 g/mol. The molecule has 0 fully saturated rings. The molecule has 0 aliphatic rings. The Morgan fingerprint density at radius 1 is 1.03 bits per heavy atom. The SMILES string of the molecule is COc1ccc(C(C)Oc2ccc(C)c3nc(-c4oc5ccccc5c4C)cc(C(=O)[O-])c23)cc1.[Na+]. The zero-order valence-corrected chi connectivity index (χ0v) is 22.9. The molecule has 0 saturated heterocycles. The maximum Gasteiger partial charge on any atom is 1.00 e. The standard InChI is InChI=1S/C29H25NO5.Na/c1-16-9-14-25(34-18(3)19-10-12-20(33-4)13-11-19)26-22(29(31)32)15-23(30-27(16)26)28-17(2)21-7-5-6-8-24(21)35-28;/h5-15,18H,1-4H3,(H,31,32);/q;+1/p-1. The van der Waals surface area contributed by atoms with Gasteiger partial charge in [-0.25, -0.2) is 4.98 Å². The third-order valence-corrected chi connectivity index (χ3v) is 6.31. The number of aromatic nitrogens is 1. The Hall–Kier alpha value is -3.32. The number of hydrogen-bond acceptors (Lipinski definition) is 6. The Labute approximate surface area is 231 Å². The summed E-state index contributed by atoms with van der Waals surface area (Å²) in [5.74, 6) is 0.403. The number of carboxylic acid groups (broad SMARTS) is 1. The van der Waals surface area contributed by atoms with Crippen LogP contribution in [0, 0.1) is 13.8 Å². The first-order chi connectivity index (χ1) is 16.9. The molecule has 2 aromatic heterocycles. The predicted octanol–water partition coefficient (Wildman–Crippen LogP) is 2.78. The second kappa shape index (κ2) is 10.3. The number of benzene rings is 3. The van der Waals surface area contributed by atoms with E-state index >= 15 is 0 Å². The van der Waals surface area contributed by atoms with Crippen molar-refractivity contribution in [3.05, 3.63) is 89.0 Å². The van der Waals surface area contributed by atoms with Gasteiger partial charge in [0.1, 0.15) is 28.9 Å². The molecule has 0 N–H and O–H groups in total. The maximum absolute atomic E-state index is 12.3. The number of furan rings is 1. The van der Waals surface area contributed by atoms with Crippen molar-refractivity contribution >= 4 is 27.8 Å². The van der Waals surface area contributed by atoms with Crippen molar-refractivity contribution in [2.45, 2.75) is 26.9 Å². The molecule has 1 unspecified atom stereocenters. The van der Waals surface area contributed by atoms with Crippen LogP contribution in [0.2, 0.25) is 0 Å². The number of carbonyl (C=O) groups excluding carboxylic acids is 1. The van der Waals surface area contributed by atoms with E-state index in [0.717, 1.165) is 33.4 Å². The van der Waals surface area contributed by atoms with E-state index in [9.17, 15) is 9.90 Å². The number of rotatable bonds is 6. The molecule has 6 nitrogen and oxygen atoms in total. The predicted molar refractivity (Wildman–Crippen MR) is 133 cm³/mol. The topological polar surface area (TPSA) is 84.6 Å². The van der Waals surface area contributed by atoms with Gasteiger partial charge in [-0.1, -0.05) is 36.4 Å². The first-order valence-electron chi connectivity index (χ1n) is 11.3. The van der Waals surface area contributed by atoms with E-state index in [-0.39, 0.29) is 41.2 Å². The molecular weight excluding hydrogens is 465 g/mol. The van der Waals surface area contributed by atoms with Gasteiger partial charge >= 0.3 is 29.6 Å². The van der Waals surface area contributed by atoms with Crippen LogP contribution >= 0.6 is 0 Å². The summed E-state index contributed by atoms with van der Waals surface area (Å²) in [6.45, 7) is 5.74. The van der Waals surface area contributed by atoms with Crippen LogP contribution in [0.15, 0.2) is 71.1 Å². The first-order valence-corrected chi connectivity index (χ1v) is 11.3. The maximum atomic E-state index is 12.3. The van der Waals surface area contributed by atoms with E-state index in [1.165, 1.54) is 6.07 Å². The van der Waals surface area contributed by atoms with E-state index in [2.05, 4.69) is 0 Å². The summed E-state index contributed by atoms with van der Waals surface area (Å²) >= 11 is 0. The Kier molecular flexibility index (Phi) is 7.41. The molecule has 0 spiro atoms. The fourth-order valence-corrected chi connectivity index (χ4v) is 4.37. The summed E-state index contributed by atoms with van der Waals surface area (Å²) in [5.41, 5.74) is 4.34. The number of aromatic carboxylic acids is 1. The Bertz CT molecular complexity index is 1570. The molecule has 7 heteroatoms. The third kappa shape index (κ3) is 4.60. The van der Waals surface area contributed by atoms with Crippen LogP contribution in [0.25, 0.3) is 33.3 Å². The molecule has 176 valence electrons. The molecule has 0 aliphatic carbocycles. The van der Waals surface area contributed by atoms with Crippen LogP contribution in [0.5, 0.6) is 11.5 Å².